The number of fused-ring (bicyclic) bond motifs is 1. The summed E-state index contributed by atoms with van der Waals surface area (Å²) < 4.78 is 5.89. The Bertz CT molecular complexity index is 731. The van der Waals surface area contributed by atoms with E-state index < -0.39 is 0 Å². The molecule has 0 N–H and O–H groups in total. The summed E-state index contributed by atoms with van der Waals surface area (Å²) in [6.07, 6.45) is 12.0. The monoisotopic (exact) mass is 358 g/mol. The molecule has 2 aromatic heterocycles. The van der Waals surface area contributed by atoms with Crippen LogP contribution in [0.25, 0.3) is 0 Å². The van der Waals surface area contributed by atoms with Crippen LogP contribution in [-0.4, -0.2) is 34.6 Å². The summed E-state index contributed by atoms with van der Waals surface area (Å²) in [7, 11) is 0. The molecule has 0 bridgehead atoms. The van der Waals surface area contributed by atoms with E-state index in [4.69, 9.17) is 16.3 Å². The van der Waals surface area contributed by atoms with Crippen LogP contribution < -0.4 is 9.64 Å². The quantitative estimate of drug-likeness (QED) is 0.834. The molecule has 0 aromatic carbocycles. The minimum Gasteiger partial charge on any atom is -0.492 e. The van der Waals surface area contributed by atoms with E-state index >= 15 is 0 Å². The molecule has 0 saturated carbocycles. The molecule has 6 heteroatoms. The SMILES string of the molecule is Clc1cnccc1OCC1CCN(c2ncnc3c2CCCC3)CC1. The highest BCUT2D eigenvalue weighted by atomic mass is 35.5. The van der Waals surface area contributed by atoms with Gasteiger partial charge in [-0.15, -0.1) is 0 Å². The molecule has 1 aliphatic carbocycles. The lowest BCUT2D eigenvalue weighted by molar-refractivity contribution is 0.222. The maximum absolute atomic E-state index is 6.10. The molecular formula is C19H23ClN4O. The highest BCUT2D eigenvalue weighted by Crippen LogP contribution is 2.30. The van der Waals surface area contributed by atoms with Crippen molar-refractivity contribution >= 4 is 17.4 Å². The van der Waals surface area contributed by atoms with Gasteiger partial charge in [-0.2, -0.15) is 0 Å². The van der Waals surface area contributed by atoms with Crippen molar-refractivity contribution in [1.82, 2.24) is 15.0 Å². The van der Waals surface area contributed by atoms with Crippen LogP contribution in [0, 0.1) is 5.92 Å². The maximum atomic E-state index is 6.10. The molecule has 1 aliphatic heterocycles. The number of rotatable bonds is 4. The van der Waals surface area contributed by atoms with Crippen LogP contribution in [0.2, 0.25) is 5.02 Å². The molecule has 0 spiro atoms. The van der Waals surface area contributed by atoms with Crippen LogP contribution in [0.4, 0.5) is 5.82 Å². The fourth-order valence-electron chi connectivity index (χ4n) is 3.77. The minimum atomic E-state index is 0.554. The van der Waals surface area contributed by atoms with Gasteiger partial charge in [-0.1, -0.05) is 11.6 Å². The number of aryl methyl sites for hydroxylation is 1. The molecule has 0 atom stereocenters. The topological polar surface area (TPSA) is 51.1 Å². The van der Waals surface area contributed by atoms with Gasteiger partial charge in [-0.05, 0) is 44.4 Å². The van der Waals surface area contributed by atoms with Gasteiger partial charge in [0.2, 0.25) is 0 Å². The Kier molecular flexibility index (Phi) is 5.02. The second-order valence-electron chi connectivity index (χ2n) is 6.88. The number of piperidine rings is 1. The number of hydrogen-bond acceptors (Lipinski definition) is 5. The van der Waals surface area contributed by atoms with E-state index in [1.807, 2.05) is 6.07 Å². The molecule has 1 fully saturated rings. The van der Waals surface area contributed by atoms with Crippen LogP contribution in [0.1, 0.15) is 36.9 Å². The van der Waals surface area contributed by atoms with Crippen molar-refractivity contribution < 1.29 is 4.74 Å². The Balaban J connectivity index is 1.35. The summed E-state index contributed by atoms with van der Waals surface area (Å²) in [6, 6.07) is 1.82. The predicted octanol–water partition coefficient (Wildman–Crippen LogP) is 3.70. The Labute approximate surface area is 153 Å². The third kappa shape index (κ3) is 3.71. The van der Waals surface area contributed by atoms with Crippen molar-refractivity contribution in [3.63, 3.8) is 0 Å². The van der Waals surface area contributed by atoms with Crippen LogP contribution in [-0.2, 0) is 12.8 Å². The second-order valence-corrected chi connectivity index (χ2v) is 7.28. The molecule has 3 heterocycles. The number of aromatic nitrogens is 3. The van der Waals surface area contributed by atoms with Crippen molar-refractivity contribution in [2.24, 2.45) is 5.92 Å². The fraction of sp³-hybridized carbons (Fsp3) is 0.526. The fourth-order valence-corrected chi connectivity index (χ4v) is 3.95. The highest BCUT2D eigenvalue weighted by Gasteiger charge is 2.25. The average molecular weight is 359 g/mol. The first-order chi connectivity index (χ1) is 12.3. The smallest absolute Gasteiger partial charge is 0.141 e. The first-order valence-corrected chi connectivity index (χ1v) is 9.49. The normalized spacial score (nSPS) is 18.0. The maximum Gasteiger partial charge on any atom is 0.141 e. The van der Waals surface area contributed by atoms with E-state index in [1.54, 1.807) is 18.7 Å². The van der Waals surface area contributed by atoms with Crippen LogP contribution in [0.3, 0.4) is 0 Å². The predicted molar refractivity (Wildman–Crippen MR) is 98.4 cm³/mol. The van der Waals surface area contributed by atoms with Gasteiger partial charge in [0.25, 0.3) is 0 Å². The van der Waals surface area contributed by atoms with Crippen molar-refractivity contribution in [2.45, 2.75) is 38.5 Å². The summed E-state index contributed by atoms with van der Waals surface area (Å²) in [5.41, 5.74) is 2.64. The number of anilines is 1. The van der Waals surface area contributed by atoms with Gasteiger partial charge in [0.15, 0.2) is 0 Å². The third-order valence-corrected chi connectivity index (χ3v) is 5.51. The zero-order valence-corrected chi connectivity index (χ0v) is 15.1. The van der Waals surface area contributed by atoms with E-state index in [9.17, 15) is 0 Å². The molecule has 1 saturated heterocycles. The molecule has 0 radical (unpaired) electrons. The second kappa shape index (κ2) is 7.56. The Morgan fingerprint density at radius 2 is 2.00 bits per heavy atom. The van der Waals surface area contributed by atoms with Gasteiger partial charge in [-0.3, -0.25) is 4.98 Å². The summed E-state index contributed by atoms with van der Waals surface area (Å²) in [5.74, 6) is 2.45. The van der Waals surface area contributed by atoms with E-state index in [0.717, 1.165) is 44.5 Å². The standard InChI is InChI=1S/C19H23ClN4O/c20-16-11-21-8-5-18(16)25-12-14-6-9-24(10-7-14)19-15-3-1-2-4-17(15)22-13-23-19/h5,8,11,13-14H,1-4,6-7,9-10,12H2. The molecule has 2 aromatic rings. The molecule has 25 heavy (non-hydrogen) atoms. The summed E-state index contributed by atoms with van der Waals surface area (Å²) >= 11 is 6.10. The molecule has 0 unspecified atom stereocenters. The molecule has 4 rings (SSSR count). The summed E-state index contributed by atoms with van der Waals surface area (Å²) in [5, 5.41) is 0.576. The van der Waals surface area contributed by atoms with E-state index in [-0.39, 0.29) is 0 Å². The number of halogens is 1. The van der Waals surface area contributed by atoms with Gasteiger partial charge in [0.05, 0.1) is 6.61 Å². The Morgan fingerprint density at radius 1 is 1.16 bits per heavy atom. The third-order valence-electron chi connectivity index (χ3n) is 5.23. The van der Waals surface area contributed by atoms with Crippen LogP contribution in [0.5, 0.6) is 5.75 Å². The molecule has 132 valence electrons. The first-order valence-electron chi connectivity index (χ1n) is 9.11. The van der Waals surface area contributed by atoms with E-state index in [0.29, 0.717) is 17.5 Å². The van der Waals surface area contributed by atoms with Crippen molar-refractivity contribution in [1.29, 1.82) is 0 Å². The van der Waals surface area contributed by atoms with E-state index in [1.165, 1.54) is 29.9 Å². The van der Waals surface area contributed by atoms with Crippen molar-refractivity contribution in [3.05, 3.63) is 41.1 Å². The number of pyridine rings is 1. The highest BCUT2D eigenvalue weighted by molar-refractivity contribution is 6.31. The zero-order valence-electron chi connectivity index (χ0n) is 14.3. The van der Waals surface area contributed by atoms with Crippen LogP contribution >= 0.6 is 11.6 Å². The first kappa shape index (κ1) is 16.6. The summed E-state index contributed by atoms with van der Waals surface area (Å²) in [4.78, 5) is 15.5. The molecule has 5 nitrogen and oxygen atoms in total. The van der Waals surface area contributed by atoms with Gasteiger partial charge >= 0.3 is 0 Å². The van der Waals surface area contributed by atoms with Gasteiger partial charge in [-0.25, -0.2) is 9.97 Å². The number of nitrogens with zero attached hydrogens (tertiary/aromatic N) is 4. The Hall–Kier alpha value is -1.88. The molecule has 0 amide bonds. The van der Waals surface area contributed by atoms with Gasteiger partial charge < -0.3 is 9.64 Å². The van der Waals surface area contributed by atoms with E-state index in [2.05, 4.69) is 19.9 Å². The summed E-state index contributed by atoms with van der Waals surface area (Å²) in [6.45, 7) is 2.77. The number of hydrogen-bond donors (Lipinski definition) is 0. The zero-order chi connectivity index (χ0) is 17.1. The largest absolute Gasteiger partial charge is 0.492 e. The number of ether oxygens (including phenoxy) is 1. The average Bonchev–Trinajstić information content (AvgIpc) is 2.67. The minimum absolute atomic E-state index is 0.554. The van der Waals surface area contributed by atoms with Gasteiger partial charge in [0.1, 0.15) is 22.9 Å². The lowest BCUT2D eigenvalue weighted by atomic mass is 9.94. The van der Waals surface area contributed by atoms with Crippen molar-refractivity contribution in [2.75, 3.05) is 24.6 Å². The van der Waals surface area contributed by atoms with Crippen LogP contribution in [0.15, 0.2) is 24.8 Å². The molecular weight excluding hydrogens is 336 g/mol. The lowest BCUT2D eigenvalue weighted by Crippen LogP contribution is -2.37. The molecule has 2 aliphatic rings. The van der Waals surface area contributed by atoms with Gasteiger partial charge in [0, 0.05) is 42.8 Å². The lowest BCUT2D eigenvalue weighted by Gasteiger charge is -2.34. The van der Waals surface area contributed by atoms with Crippen molar-refractivity contribution in [3.8, 4) is 5.75 Å². The Morgan fingerprint density at radius 3 is 2.84 bits per heavy atom.